The van der Waals surface area contributed by atoms with Crippen molar-refractivity contribution < 1.29 is 5.11 Å². The van der Waals surface area contributed by atoms with E-state index in [9.17, 15) is 5.11 Å². The fourth-order valence-electron chi connectivity index (χ4n) is 4.99. The molecule has 1 nitrogen and oxygen atoms in total. The summed E-state index contributed by atoms with van der Waals surface area (Å²) in [5, 5.41) is 9.85. The molecule has 2 aliphatic carbocycles. The van der Waals surface area contributed by atoms with Crippen LogP contribution in [0.15, 0.2) is 24.3 Å². The van der Waals surface area contributed by atoms with Gasteiger partial charge in [-0.3, -0.25) is 0 Å². The summed E-state index contributed by atoms with van der Waals surface area (Å²) in [5.74, 6) is 2.22. The van der Waals surface area contributed by atoms with Crippen molar-refractivity contribution in [1.82, 2.24) is 0 Å². The van der Waals surface area contributed by atoms with Gasteiger partial charge in [-0.15, -0.1) is 0 Å². The molecule has 0 unspecified atom stereocenters. The molecule has 0 spiro atoms. The van der Waals surface area contributed by atoms with E-state index in [2.05, 4.69) is 13.0 Å². The molecule has 1 atom stereocenters. The van der Waals surface area contributed by atoms with Crippen molar-refractivity contribution in [2.45, 2.75) is 63.7 Å². The Morgan fingerprint density at radius 2 is 1.95 bits per heavy atom. The lowest BCUT2D eigenvalue weighted by Gasteiger charge is -2.53. The predicted molar refractivity (Wildman–Crippen MR) is 79.4 cm³/mol. The van der Waals surface area contributed by atoms with Gasteiger partial charge in [0.05, 0.1) is 0 Å². The maximum atomic E-state index is 9.85. The lowest BCUT2D eigenvalue weighted by Crippen LogP contribution is -2.46. The Morgan fingerprint density at radius 3 is 2.58 bits per heavy atom. The lowest BCUT2D eigenvalue weighted by atomic mass is 9.52. The number of fused-ring (bicyclic) bond motifs is 2. The van der Waals surface area contributed by atoms with Gasteiger partial charge in [0.1, 0.15) is 5.75 Å². The summed E-state index contributed by atoms with van der Waals surface area (Å²) in [6, 6.07) is 8.13. The van der Waals surface area contributed by atoms with Crippen LogP contribution in [-0.4, -0.2) is 5.11 Å². The third kappa shape index (κ3) is 2.17. The highest BCUT2D eigenvalue weighted by atomic mass is 16.3. The first-order valence-corrected chi connectivity index (χ1v) is 8.06. The van der Waals surface area contributed by atoms with Gasteiger partial charge in [-0.05, 0) is 54.2 Å². The third-order valence-electron chi connectivity index (χ3n) is 5.70. The van der Waals surface area contributed by atoms with Crippen LogP contribution >= 0.6 is 0 Å². The standard InChI is InChI=1S/C18H26O/c1-2-6-17-14-7-4-11-18(17,12-5-8-14)15-9-3-10-16(19)13-15/h3,9-10,13-14,17,19H,2,4-8,11-12H2,1H3/t14-,17-,18+/m0/s1. The predicted octanol–water partition coefficient (Wildman–Crippen LogP) is 5.03. The van der Waals surface area contributed by atoms with Gasteiger partial charge in [0.2, 0.25) is 0 Å². The van der Waals surface area contributed by atoms with Crippen molar-refractivity contribution in [1.29, 1.82) is 0 Å². The van der Waals surface area contributed by atoms with Gasteiger partial charge in [-0.2, -0.15) is 0 Å². The highest BCUT2D eigenvalue weighted by Gasteiger charge is 2.48. The van der Waals surface area contributed by atoms with Crippen LogP contribution in [0.3, 0.4) is 0 Å². The Labute approximate surface area is 117 Å². The minimum atomic E-state index is 0.371. The summed E-state index contributed by atoms with van der Waals surface area (Å²) >= 11 is 0. The van der Waals surface area contributed by atoms with Crippen LogP contribution in [0.4, 0.5) is 0 Å². The van der Waals surface area contributed by atoms with E-state index in [-0.39, 0.29) is 0 Å². The summed E-state index contributed by atoms with van der Waals surface area (Å²) in [7, 11) is 0. The van der Waals surface area contributed by atoms with E-state index < -0.39 is 0 Å². The van der Waals surface area contributed by atoms with Gasteiger partial charge in [0, 0.05) is 0 Å². The van der Waals surface area contributed by atoms with Crippen LogP contribution in [0.5, 0.6) is 5.75 Å². The molecule has 1 N–H and O–H groups in total. The molecule has 1 heteroatoms. The van der Waals surface area contributed by atoms with Crippen LogP contribution in [-0.2, 0) is 5.41 Å². The zero-order valence-corrected chi connectivity index (χ0v) is 12.1. The molecule has 1 aromatic rings. The molecule has 19 heavy (non-hydrogen) atoms. The van der Waals surface area contributed by atoms with Crippen molar-refractivity contribution in [2.75, 3.05) is 0 Å². The van der Waals surface area contributed by atoms with Crippen molar-refractivity contribution in [3.8, 4) is 5.75 Å². The normalized spacial score (nSPS) is 34.2. The van der Waals surface area contributed by atoms with E-state index in [1.165, 1.54) is 56.9 Å². The average molecular weight is 258 g/mol. The Morgan fingerprint density at radius 1 is 1.21 bits per heavy atom. The summed E-state index contributed by atoms with van der Waals surface area (Å²) in [4.78, 5) is 0. The Bertz CT molecular complexity index is 427. The Hall–Kier alpha value is -0.980. The van der Waals surface area contributed by atoms with E-state index in [0.29, 0.717) is 11.2 Å². The van der Waals surface area contributed by atoms with E-state index in [4.69, 9.17) is 0 Å². The number of phenolic OH excluding ortho intramolecular Hbond substituents is 1. The molecular weight excluding hydrogens is 232 g/mol. The highest BCUT2D eigenvalue weighted by molar-refractivity contribution is 5.35. The van der Waals surface area contributed by atoms with Crippen LogP contribution in [0, 0.1) is 11.8 Å². The Balaban J connectivity index is 2.01. The topological polar surface area (TPSA) is 20.2 Å². The molecule has 0 saturated heterocycles. The third-order valence-corrected chi connectivity index (χ3v) is 5.70. The van der Waals surface area contributed by atoms with Crippen LogP contribution in [0.1, 0.15) is 63.9 Å². The van der Waals surface area contributed by atoms with E-state index in [1.54, 1.807) is 6.07 Å². The molecule has 104 valence electrons. The number of phenols is 1. The number of aromatic hydroxyl groups is 1. The quantitative estimate of drug-likeness (QED) is 0.806. The van der Waals surface area contributed by atoms with Crippen molar-refractivity contribution in [3.05, 3.63) is 29.8 Å². The van der Waals surface area contributed by atoms with E-state index >= 15 is 0 Å². The minimum absolute atomic E-state index is 0.371. The zero-order valence-electron chi connectivity index (χ0n) is 12.1. The molecule has 0 radical (unpaired) electrons. The summed E-state index contributed by atoms with van der Waals surface area (Å²) in [6.07, 6.45) is 10.9. The maximum Gasteiger partial charge on any atom is 0.115 e. The second-order valence-corrected chi connectivity index (χ2v) is 6.65. The fraction of sp³-hybridized carbons (Fsp3) is 0.667. The van der Waals surface area contributed by atoms with Gasteiger partial charge in [0.25, 0.3) is 0 Å². The van der Waals surface area contributed by atoms with E-state index in [1.807, 2.05) is 12.1 Å². The molecular formula is C18H26O. The second kappa shape index (κ2) is 5.19. The first-order valence-electron chi connectivity index (χ1n) is 8.06. The maximum absolute atomic E-state index is 9.85. The highest BCUT2D eigenvalue weighted by Crippen LogP contribution is 2.56. The van der Waals surface area contributed by atoms with Gasteiger partial charge >= 0.3 is 0 Å². The second-order valence-electron chi connectivity index (χ2n) is 6.65. The first-order chi connectivity index (χ1) is 9.26. The number of rotatable bonds is 3. The van der Waals surface area contributed by atoms with Crippen LogP contribution in [0.25, 0.3) is 0 Å². The Kier molecular flexibility index (Phi) is 3.56. The van der Waals surface area contributed by atoms with Crippen molar-refractivity contribution >= 4 is 0 Å². The van der Waals surface area contributed by atoms with Gasteiger partial charge in [-0.1, -0.05) is 51.2 Å². The van der Waals surface area contributed by atoms with Crippen LogP contribution in [0.2, 0.25) is 0 Å². The zero-order chi connectivity index (χ0) is 13.3. The number of benzene rings is 1. The van der Waals surface area contributed by atoms with Crippen LogP contribution < -0.4 is 0 Å². The van der Waals surface area contributed by atoms with Gasteiger partial charge in [0.15, 0.2) is 0 Å². The van der Waals surface area contributed by atoms with Gasteiger partial charge < -0.3 is 5.11 Å². The van der Waals surface area contributed by atoms with Gasteiger partial charge in [-0.25, -0.2) is 0 Å². The number of hydrogen-bond acceptors (Lipinski definition) is 1. The summed E-state index contributed by atoms with van der Waals surface area (Å²) < 4.78 is 0. The summed E-state index contributed by atoms with van der Waals surface area (Å²) in [6.45, 7) is 2.32. The fourth-order valence-corrected chi connectivity index (χ4v) is 4.99. The molecule has 0 aromatic heterocycles. The molecule has 3 rings (SSSR count). The molecule has 0 heterocycles. The minimum Gasteiger partial charge on any atom is -0.508 e. The molecule has 2 fully saturated rings. The molecule has 2 aliphatic rings. The molecule has 0 aliphatic heterocycles. The molecule has 0 amide bonds. The van der Waals surface area contributed by atoms with Crippen molar-refractivity contribution in [3.63, 3.8) is 0 Å². The smallest absolute Gasteiger partial charge is 0.115 e. The number of hydrogen-bond donors (Lipinski definition) is 1. The SMILES string of the molecule is CCC[C@H]1[C@H]2CCC[C@]1(c1cccc(O)c1)CCC2. The summed E-state index contributed by atoms with van der Waals surface area (Å²) in [5.41, 5.74) is 1.78. The largest absolute Gasteiger partial charge is 0.508 e. The van der Waals surface area contributed by atoms with Crippen molar-refractivity contribution in [2.24, 2.45) is 11.8 Å². The molecule has 2 saturated carbocycles. The monoisotopic (exact) mass is 258 g/mol. The van der Waals surface area contributed by atoms with E-state index in [0.717, 1.165) is 11.8 Å². The average Bonchev–Trinajstić information content (AvgIpc) is 2.39. The first kappa shape index (κ1) is 13.0. The lowest BCUT2D eigenvalue weighted by molar-refractivity contribution is 0.0495. The molecule has 2 bridgehead atoms. The molecule has 1 aromatic carbocycles.